The van der Waals surface area contributed by atoms with Crippen molar-refractivity contribution in [2.45, 2.75) is 58.4 Å². The Kier molecular flexibility index (Phi) is 4.16. The quantitative estimate of drug-likeness (QED) is 0.827. The minimum absolute atomic E-state index is 0.0570. The minimum Gasteiger partial charge on any atom is -0.438 e. The third kappa shape index (κ3) is 2.99. The molecule has 1 amide bonds. The van der Waals surface area contributed by atoms with E-state index in [-0.39, 0.29) is 5.91 Å². The number of fused-ring (bicyclic) bond motifs is 1. The maximum absolute atomic E-state index is 12.9. The van der Waals surface area contributed by atoms with Crippen LogP contribution in [0, 0.1) is 5.92 Å². The molecule has 4 rings (SSSR count). The summed E-state index contributed by atoms with van der Waals surface area (Å²) in [6, 6.07) is 0. The van der Waals surface area contributed by atoms with E-state index in [4.69, 9.17) is 9.40 Å². The number of aryl methyl sites for hydroxylation is 1. The Bertz CT molecular complexity index is 747. The maximum Gasteiger partial charge on any atom is 0.291 e. The van der Waals surface area contributed by atoms with E-state index < -0.39 is 0 Å². The average molecular weight is 345 g/mol. The highest BCUT2D eigenvalue weighted by molar-refractivity contribution is 7.11. The summed E-state index contributed by atoms with van der Waals surface area (Å²) in [5.74, 6) is 1.52. The topological polar surface area (TPSA) is 59.2 Å². The fourth-order valence-corrected chi connectivity index (χ4v) is 4.65. The van der Waals surface area contributed by atoms with Gasteiger partial charge in [0.25, 0.3) is 5.91 Å². The lowest BCUT2D eigenvalue weighted by molar-refractivity contribution is 0.0718. The fraction of sp³-hybridized carbons (Fsp3) is 0.611. The summed E-state index contributed by atoms with van der Waals surface area (Å²) in [6.07, 6.45) is 7.03. The summed E-state index contributed by atoms with van der Waals surface area (Å²) in [6.45, 7) is 5.50. The number of oxazole rings is 1. The standard InChI is InChI=1S/C18H23N3O2S/c1-3-21(18(22)17-16(12-5-6-12)19-10-23-17)9-15-20-13-7-4-11(2)8-14(13)24-15/h10-12H,3-9H2,1-2H3/t11-/m0/s1. The molecule has 0 aliphatic heterocycles. The zero-order valence-corrected chi connectivity index (χ0v) is 15.1. The van der Waals surface area contributed by atoms with Crippen LogP contribution in [-0.4, -0.2) is 27.3 Å². The molecule has 0 bridgehead atoms. The third-order valence-electron chi connectivity index (χ3n) is 4.98. The molecule has 0 aromatic carbocycles. The molecule has 0 saturated heterocycles. The molecule has 2 aromatic heterocycles. The monoisotopic (exact) mass is 345 g/mol. The molecule has 128 valence electrons. The van der Waals surface area contributed by atoms with E-state index in [9.17, 15) is 4.79 Å². The van der Waals surface area contributed by atoms with Crippen LogP contribution in [0.25, 0.3) is 0 Å². The van der Waals surface area contributed by atoms with Crippen molar-refractivity contribution in [2.75, 3.05) is 6.54 Å². The average Bonchev–Trinajstić information content (AvgIpc) is 3.16. The second kappa shape index (κ2) is 6.31. The Hall–Kier alpha value is -1.69. The van der Waals surface area contributed by atoms with Crippen LogP contribution >= 0.6 is 11.3 Å². The van der Waals surface area contributed by atoms with E-state index in [1.54, 1.807) is 11.3 Å². The smallest absolute Gasteiger partial charge is 0.291 e. The van der Waals surface area contributed by atoms with Gasteiger partial charge in [-0.15, -0.1) is 11.3 Å². The zero-order valence-electron chi connectivity index (χ0n) is 14.2. The summed E-state index contributed by atoms with van der Waals surface area (Å²) in [5.41, 5.74) is 2.08. The van der Waals surface area contributed by atoms with E-state index in [1.165, 1.54) is 23.4 Å². The highest BCUT2D eigenvalue weighted by atomic mass is 32.1. The first-order valence-electron chi connectivity index (χ1n) is 8.85. The second-order valence-corrected chi connectivity index (χ2v) is 8.15. The van der Waals surface area contributed by atoms with Gasteiger partial charge in [0.05, 0.1) is 17.9 Å². The summed E-state index contributed by atoms with van der Waals surface area (Å²) in [5, 5.41) is 1.04. The van der Waals surface area contributed by atoms with E-state index in [0.717, 1.165) is 42.3 Å². The molecule has 0 unspecified atom stereocenters. The second-order valence-electron chi connectivity index (χ2n) is 6.99. The number of hydrogen-bond acceptors (Lipinski definition) is 5. The molecular formula is C18H23N3O2S. The molecule has 1 saturated carbocycles. The number of nitrogens with zero attached hydrogens (tertiary/aromatic N) is 3. The molecule has 0 N–H and O–H groups in total. The number of rotatable bonds is 5. The molecule has 1 atom stereocenters. The van der Waals surface area contributed by atoms with Crippen molar-refractivity contribution in [3.8, 4) is 0 Å². The van der Waals surface area contributed by atoms with Gasteiger partial charge >= 0.3 is 0 Å². The lowest BCUT2D eigenvalue weighted by Gasteiger charge is -2.18. The van der Waals surface area contributed by atoms with E-state index >= 15 is 0 Å². The largest absolute Gasteiger partial charge is 0.438 e. The number of carbonyl (C=O) groups is 1. The number of thiazole rings is 1. The first-order valence-corrected chi connectivity index (χ1v) is 9.67. The van der Waals surface area contributed by atoms with Gasteiger partial charge in [0.2, 0.25) is 5.76 Å². The van der Waals surface area contributed by atoms with Gasteiger partial charge in [0, 0.05) is 17.3 Å². The Morgan fingerprint density at radius 3 is 3.00 bits per heavy atom. The van der Waals surface area contributed by atoms with E-state index in [2.05, 4.69) is 11.9 Å². The normalized spacial score (nSPS) is 20.0. The third-order valence-corrected chi connectivity index (χ3v) is 6.08. The van der Waals surface area contributed by atoms with Crippen LogP contribution in [0.3, 0.4) is 0 Å². The molecule has 6 heteroatoms. The predicted molar refractivity (Wildman–Crippen MR) is 92.2 cm³/mol. The lowest BCUT2D eigenvalue weighted by atomic mass is 9.93. The molecule has 0 spiro atoms. The molecule has 5 nitrogen and oxygen atoms in total. The van der Waals surface area contributed by atoms with Crippen molar-refractivity contribution in [1.29, 1.82) is 0 Å². The Balaban J connectivity index is 1.51. The summed E-state index contributed by atoms with van der Waals surface area (Å²) >= 11 is 1.77. The summed E-state index contributed by atoms with van der Waals surface area (Å²) in [4.78, 5) is 25.1. The minimum atomic E-state index is -0.0570. The summed E-state index contributed by atoms with van der Waals surface area (Å²) in [7, 11) is 0. The van der Waals surface area contributed by atoms with Gasteiger partial charge < -0.3 is 9.32 Å². The maximum atomic E-state index is 12.9. The predicted octanol–water partition coefficient (Wildman–Crippen LogP) is 3.80. The first kappa shape index (κ1) is 15.8. The molecule has 2 aliphatic rings. The van der Waals surface area contributed by atoms with Crippen LogP contribution < -0.4 is 0 Å². The first-order chi connectivity index (χ1) is 11.7. The highest BCUT2D eigenvalue weighted by Crippen LogP contribution is 2.41. The van der Waals surface area contributed by atoms with Crippen LogP contribution in [0.5, 0.6) is 0 Å². The van der Waals surface area contributed by atoms with Crippen LogP contribution in [0.15, 0.2) is 10.8 Å². The summed E-state index contributed by atoms with van der Waals surface area (Å²) < 4.78 is 5.42. The van der Waals surface area contributed by atoms with Crippen molar-refractivity contribution >= 4 is 17.2 Å². The van der Waals surface area contributed by atoms with Gasteiger partial charge in [0.15, 0.2) is 6.39 Å². The molecule has 1 fully saturated rings. The van der Waals surface area contributed by atoms with Gasteiger partial charge in [-0.3, -0.25) is 4.79 Å². The van der Waals surface area contributed by atoms with E-state index in [1.807, 2.05) is 11.8 Å². The van der Waals surface area contributed by atoms with Crippen LogP contribution in [0.1, 0.15) is 70.9 Å². The van der Waals surface area contributed by atoms with Gasteiger partial charge in [0.1, 0.15) is 5.01 Å². The van der Waals surface area contributed by atoms with Crippen LogP contribution in [0.2, 0.25) is 0 Å². The van der Waals surface area contributed by atoms with Crippen LogP contribution in [-0.2, 0) is 19.4 Å². The van der Waals surface area contributed by atoms with E-state index in [0.29, 0.717) is 24.8 Å². The molecule has 24 heavy (non-hydrogen) atoms. The van der Waals surface area contributed by atoms with Crippen molar-refractivity contribution in [3.63, 3.8) is 0 Å². The molecule has 2 aliphatic carbocycles. The molecule has 0 radical (unpaired) electrons. The van der Waals surface area contributed by atoms with Gasteiger partial charge in [-0.05, 0) is 44.9 Å². The fourth-order valence-electron chi connectivity index (χ4n) is 3.36. The van der Waals surface area contributed by atoms with Crippen molar-refractivity contribution in [2.24, 2.45) is 5.92 Å². The van der Waals surface area contributed by atoms with Crippen molar-refractivity contribution < 1.29 is 9.21 Å². The number of hydrogen-bond donors (Lipinski definition) is 0. The SMILES string of the molecule is CCN(Cc1nc2c(s1)C[C@@H](C)CC2)C(=O)c1ocnc1C1CC1. The van der Waals surface area contributed by atoms with Crippen molar-refractivity contribution in [1.82, 2.24) is 14.9 Å². The highest BCUT2D eigenvalue weighted by Gasteiger charge is 2.33. The molecule has 2 heterocycles. The van der Waals surface area contributed by atoms with Gasteiger partial charge in [-0.25, -0.2) is 9.97 Å². The Morgan fingerprint density at radius 2 is 2.25 bits per heavy atom. The van der Waals surface area contributed by atoms with Gasteiger partial charge in [-0.2, -0.15) is 0 Å². The molecular weight excluding hydrogens is 322 g/mol. The zero-order chi connectivity index (χ0) is 16.7. The Labute approximate surface area is 146 Å². The Morgan fingerprint density at radius 1 is 1.42 bits per heavy atom. The number of amides is 1. The number of aromatic nitrogens is 2. The number of carbonyl (C=O) groups excluding carboxylic acids is 1. The van der Waals surface area contributed by atoms with Crippen molar-refractivity contribution in [3.05, 3.63) is 33.4 Å². The van der Waals surface area contributed by atoms with Crippen LogP contribution in [0.4, 0.5) is 0 Å². The van der Waals surface area contributed by atoms with Gasteiger partial charge in [-0.1, -0.05) is 6.92 Å². The molecule has 2 aromatic rings. The lowest BCUT2D eigenvalue weighted by Crippen LogP contribution is -2.30.